The third-order valence-electron chi connectivity index (χ3n) is 9.26. The van der Waals surface area contributed by atoms with Crippen LogP contribution in [-0.4, -0.2) is 0 Å². The highest BCUT2D eigenvalue weighted by Gasteiger charge is 2.14. The van der Waals surface area contributed by atoms with Gasteiger partial charge in [-0.2, -0.15) is 0 Å². The smallest absolute Gasteiger partial charge is 0.0462 e. The fourth-order valence-corrected chi connectivity index (χ4v) is 6.58. The summed E-state index contributed by atoms with van der Waals surface area (Å²) < 4.78 is 0. The summed E-state index contributed by atoms with van der Waals surface area (Å²) in [7, 11) is 0. The van der Waals surface area contributed by atoms with Crippen molar-refractivity contribution in [3.8, 4) is 22.3 Å². The Hall–Kier alpha value is -6.90. The van der Waals surface area contributed by atoms with Gasteiger partial charge in [0.15, 0.2) is 0 Å². The Morgan fingerprint density at radius 3 is 0.750 bits per heavy atom. The lowest BCUT2D eigenvalue weighted by atomic mass is 10.0. The summed E-state index contributed by atoms with van der Waals surface area (Å²) in [5, 5.41) is 0. The molecule has 0 fully saturated rings. The minimum Gasteiger partial charge on any atom is -0.311 e. The quantitative estimate of drug-likeness (QED) is 0.134. The van der Waals surface area contributed by atoms with Crippen LogP contribution in [0.25, 0.3) is 34.4 Å². The lowest BCUT2D eigenvalue weighted by molar-refractivity contribution is 1.28. The van der Waals surface area contributed by atoms with Crippen molar-refractivity contribution in [3.63, 3.8) is 0 Å². The van der Waals surface area contributed by atoms with Crippen LogP contribution in [0.5, 0.6) is 0 Å². The summed E-state index contributed by atoms with van der Waals surface area (Å²) in [6.45, 7) is 0. The van der Waals surface area contributed by atoms with Crippen molar-refractivity contribution < 1.29 is 0 Å². The van der Waals surface area contributed by atoms with E-state index in [1.807, 2.05) is 0 Å². The van der Waals surface area contributed by atoms with E-state index in [0.717, 1.165) is 45.3 Å². The number of hydrogen-bond acceptors (Lipinski definition) is 2. The molecule has 0 atom stereocenters. The van der Waals surface area contributed by atoms with Crippen LogP contribution in [0.15, 0.2) is 218 Å². The monoisotopic (exact) mass is 666 g/mol. The number of hydrogen-bond donors (Lipinski definition) is 0. The molecule has 248 valence electrons. The topological polar surface area (TPSA) is 6.48 Å². The van der Waals surface area contributed by atoms with Crippen LogP contribution in [0, 0.1) is 0 Å². The minimum atomic E-state index is 1.11. The maximum Gasteiger partial charge on any atom is 0.0462 e. The minimum absolute atomic E-state index is 1.11. The Morgan fingerprint density at radius 2 is 0.442 bits per heavy atom. The highest BCUT2D eigenvalue weighted by molar-refractivity contribution is 5.81. The van der Waals surface area contributed by atoms with Crippen LogP contribution in [0.1, 0.15) is 11.1 Å². The lowest BCUT2D eigenvalue weighted by Gasteiger charge is -2.26. The Labute approximate surface area is 306 Å². The van der Waals surface area contributed by atoms with Gasteiger partial charge in [0.25, 0.3) is 0 Å². The van der Waals surface area contributed by atoms with Gasteiger partial charge in [0.2, 0.25) is 0 Å². The SMILES string of the molecule is C(=Cc1ccc(N(c2ccccc2)c2ccc(-c3ccccc3)cc2)cc1)c1ccc(N(c2ccccc2)c2ccc(-c3ccccc3)cc2)cc1. The first-order valence-electron chi connectivity index (χ1n) is 17.7. The van der Waals surface area contributed by atoms with Gasteiger partial charge in [-0.05, 0) is 106 Å². The van der Waals surface area contributed by atoms with Gasteiger partial charge < -0.3 is 9.80 Å². The zero-order valence-corrected chi connectivity index (χ0v) is 28.8. The van der Waals surface area contributed by atoms with Gasteiger partial charge in [0.05, 0.1) is 0 Å². The summed E-state index contributed by atoms with van der Waals surface area (Å²) in [4.78, 5) is 4.60. The molecule has 2 heteroatoms. The van der Waals surface area contributed by atoms with Crippen LogP contribution in [-0.2, 0) is 0 Å². The van der Waals surface area contributed by atoms with Gasteiger partial charge >= 0.3 is 0 Å². The summed E-state index contributed by atoms with van der Waals surface area (Å²) in [5.41, 5.74) is 13.8. The summed E-state index contributed by atoms with van der Waals surface area (Å²) in [5.74, 6) is 0. The third-order valence-corrected chi connectivity index (χ3v) is 9.26. The van der Waals surface area contributed by atoms with Crippen molar-refractivity contribution in [2.24, 2.45) is 0 Å². The molecular weight excluding hydrogens is 629 g/mol. The molecule has 8 aromatic rings. The molecule has 0 N–H and O–H groups in total. The van der Waals surface area contributed by atoms with Crippen molar-refractivity contribution in [1.82, 2.24) is 0 Å². The van der Waals surface area contributed by atoms with E-state index in [1.165, 1.54) is 22.3 Å². The second-order valence-electron chi connectivity index (χ2n) is 12.7. The van der Waals surface area contributed by atoms with Crippen molar-refractivity contribution in [2.45, 2.75) is 0 Å². The Morgan fingerprint density at radius 1 is 0.212 bits per heavy atom. The Balaban J connectivity index is 1.01. The number of anilines is 6. The van der Waals surface area contributed by atoms with Crippen molar-refractivity contribution in [2.75, 3.05) is 9.80 Å². The third kappa shape index (κ3) is 7.33. The van der Waals surface area contributed by atoms with Gasteiger partial charge in [-0.1, -0.05) is 158 Å². The van der Waals surface area contributed by atoms with E-state index >= 15 is 0 Å². The van der Waals surface area contributed by atoms with Crippen molar-refractivity contribution >= 4 is 46.3 Å². The number of para-hydroxylation sites is 2. The molecule has 0 saturated heterocycles. The fraction of sp³-hybridized carbons (Fsp3) is 0. The van der Waals surface area contributed by atoms with E-state index in [1.54, 1.807) is 0 Å². The van der Waals surface area contributed by atoms with Gasteiger partial charge in [-0.15, -0.1) is 0 Å². The maximum absolute atomic E-state index is 2.30. The largest absolute Gasteiger partial charge is 0.311 e. The van der Waals surface area contributed by atoms with Crippen molar-refractivity contribution in [1.29, 1.82) is 0 Å². The summed E-state index contributed by atoms with van der Waals surface area (Å²) in [6.07, 6.45) is 4.36. The van der Waals surface area contributed by atoms with Gasteiger partial charge in [0.1, 0.15) is 0 Å². The van der Waals surface area contributed by atoms with E-state index in [2.05, 4.69) is 240 Å². The standard InChI is InChI=1S/C50H38N2/c1-5-13-41(14-6-1)43-27-35-49(36-28-43)51(45-17-9-3-10-18-45)47-31-23-39(24-32-47)21-22-40-25-33-48(34-26-40)52(46-19-11-4-12-20-46)50-37-29-44(30-38-50)42-15-7-2-8-16-42/h1-38H. The maximum atomic E-state index is 2.30. The molecule has 0 saturated carbocycles. The second kappa shape index (κ2) is 15.3. The molecule has 0 amide bonds. The first-order valence-corrected chi connectivity index (χ1v) is 17.7. The Bertz CT molecular complexity index is 2160. The van der Waals surface area contributed by atoms with E-state index in [9.17, 15) is 0 Å². The number of benzene rings is 8. The molecule has 0 aliphatic carbocycles. The molecule has 0 unspecified atom stereocenters. The van der Waals surface area contributed by atoms with E-state index in [-0.39, 0.29) is 0 Å². The zero-order valence-electron chi connectivity index (χ0n) is 28.8. The molecule has 8 aromatic carbocycles. The molecule has 8 rings (SSSR count). The molecule has 0 aliphatic heterocycles. The van der Waals surface area contributed by atoms with Crippen LogP contribution in [0.2, 0.25) is 0 Å². The van der Waals surface area contributed by atoms with Crippen molar-refractivity contribution in [3.05, 3.63) is 230 Å². The average Bonchev–Trinajstić information content (AvgIpc) is 3.23. The van der Waals surface area contributed by atoms with E-state index in [4.69, 9.17) is 0 Å². The van der Waals surface area contributed by atoms with Crippen LogP contribution in [0.3, 0.4) is 0 Å². The predicted octanol–water partition coefficient (Wildman–Crippen LogP) is 14.1. The molecule has 0 radical (unpaired) electrons. The van der Waals surface area contributed by atoms with Crippen LogP contribution < -0.4 is 9.80 Å². The second-order valence-corrected chi connectivity index (χ2v) is 12.7. The molecule has 0 aromatic heterocycles. The molecule has 0 aliphatic rings. The summed E-state index contributed by atoms with van der Waals surface area (Å²) >= 11 is 0. The highest BCUT2D eigenvalue weighted by atomic mass is 15.1. The lowest BCUT2D eigenvalue weighted by Crippen LogP contribution is -2.09. The van der Waals surface area contributed by atoms with Crippen LogP contribution in [0.4, 0.5) is 34.1 Å². The molecular formula is C50H38N2. The highest BCUT2D eigenvalue weighted by Crippen LogP contribution is 2.37. The molecule has 2 nitrogen and oxygen atoms in total. The van der Waals surface area contributed by atoms with E-state index in [0.29, 0.717) is 0 Å². The fourth-order valence-electron chi connectivity index (χ4n) is 6.58. The molecule has 0 heterocycles. The van der Waals surface area contributed by atoms with E-state index < -0.39 is 0 Å². The van der Waals surface area contributed by atoms with Gasteiger partial charge in [-0.25, -0.2) is 0 Å². The molecule has 52 heavy (non-hydrogen) atoms. The average molecular weight is 667 g/mol. The van der Waals surface area contributed by atoms with Gasteiger partial charge in [0, 0.05) is 34.1 Å². The molecule has 0 bridgehead atoms. The Kier molecular flexibility index (Phi) is 9.53. The van der Waals surface area contributed by atoms with Crippen LogP contribution >= 0.6 is 0 Å². The van der Waals surface area contributed by atoms with Gasteiger partial charge in [-0.3, -0.25) is 0 Å². The number of nitrogens with zero attached hydrogens (tertiary/aromatic N) is 2. The first kappa shape index (κ1) is 32.3. The number of rotatable bonds is 10. The zero-order chi connectivity index (χ0) is 35.0. The molecule has 0 spiro atoms. The summed E-state index contributed by atoms with van der Waals surface area (Å²) in [6, 6.07) is 77.2. The first-order chi connectivity index (χ1) is 25.8. The normalized spacial score (nSPS) is 11.0. The predicted molar refractivity (Wildman–Crippen MR) is 222 cm³/mol.